The van der Waals surface area contributed by atoms with Crippen molar-refractivity contribution in [1.82, 2.24) is 4.98 Å². The maximum Gasteiger partial charge on any atom is 0.273 e. The molecule has 0 radical (unpaired) electrons. The van der Waals surface area contributed by atoms with Crippen molar-refractivity contribution in [3.8, 4) is 17.7 Å². The van der Waals surface area contributed by atoms with Crippen LogP contribution in [0, 0.1) is 21.4 Å². The maximum atomic E-state index is 10.8. The molecule has 0 fully saturated rings. The topological polar surface area (TPSA) is 89.0 Å². The van der Waals surface area contributed by atoms with E-state index < -0.39 is 4.92 Å². The molecule has 0 atom stereocenters. The molecular weight excluding hydrogens is 270 g/mol. The number of aryl methyl sites for hydroxylation is 2. The lowest BCUT2D eigenvalue weighted by Gasteiger charge is -2.08. The normalized spacial score (nSPS) is 12.5. The number of pyridine rings is 1. The minimum Gasteiger partial charge on any atom is -0.437 e. The lowest BCUT2D eigenvalue weighted by Crippen LogP contribution is -1.97. The number of hydrogen-bond acceptors (Lipinski definition) is 5. The van der Waals surface area contributed by atoms with E-state index in [9.17, 15) is 15.4 Å². The average Bonchev–Trinajstić information content (AvgIpc) is 2.93. The Morgan fingerprint density at radius 1 is 1.33 bits per heavy atom. The number of fused-ring (bicyclic) bond motifs is 1. The molecule has 104 valence electrons. The second-order valence-electron chi connectivity index (χ2n) is 4.77. The molecule has 0 spiro atoms. The third-order valence-electron chi connectivity index (χ3n) is 3.38. The number of hydrogen-bond donors (Lipinski definition) is 0. The van der Waals surface area contributed by atoms with Gasteiger partial charge in [0.1, 0.15) is 17.4 Å². The van der Waals surface area contributed by atoms with Crippen LogP contribution in [0.1, 0.15) is 23.2 Å². The van der Waals surface area contributed by atoms with E-state index in [0.29, 0.717) is 11.3 Å². The van der Waals surface area contributed by atoms with Crippen LogP contribution in [0.5, 0.6) is 11.6 Å². The van der Waals surface area contributed by atoms with Crippen LogP contribution in [-0.2, 0) is 12.8 Å². The molecule has 6 nitrogen and oxygen atoms in total. The molecular formula is C15H11N3O3. The molecule has 1 aromatic heterocycles. The Morgan fingerprint density at radius 3 is 2.95 bits per heavy atom. The second kappa shape index (κ2) is 5.21. The van der Waals surface area contributed by atoms with Gasteiger partial charge in [-0.2, -0.15) is 5.26 Å². The first-order chi connectivity index (χ1) is 10.2. The van der Waals surface area contributed by atoms with Crippen LogP contribution in [-0.4, -0.2) is 9.91 Å². The zero-order valence-electron chi connectivity index (χ0n) is 11.1. The highest BCUT2D eigenvalue weighted by atomic mass is 16.6. The summed E-state index contributed by atoms with van der Waals surface area (Å²) in [6.45, 7) is 0. The summed E-state index contributed by atoms with van der Waals surface area (Å²) in [5.41, 5.74) is 2.31. The molecule has 0 N–H and O–H groups in total. The van der Waals surface area contributed by atoms with Gasteiger partial charge in [-0.15, -0.1) is 0 Å². The van der Waals surface area contributed by atoms with Crippen molar-refractivity contribution < 1.29 is 9.66 Å². The summed E-state index contributed by atoms with van der Waals surface area (Å²) >= 11 is 0. The van der Waals surface area contributed by atoms with Gasteiger partial charge in [-0.05, 0) is 37.0 Å². The lowest BCUT2D eigenvalue weighted by atomic mass is 10.1. The van der Waals surface area contributed by atoms with Gasteiger partial charge in [0.25, 0.3) is 5.69 Å². The summed E-state index contributed by atoms with van der Waals surface area (Å²) in [5.74, 6) is 0.504. The number of aromatic nitrogens is 1. The SMILES string of the molecule is N#Cc1cc2c(nc1Oc1cccc([N+](=O)[O-])c1)CCC2. The van der Waals surface area contributed by atoms with E-state index in [2.05, 4.69) is 11.1 Å². The number of rotatable bonds is 3. The van der Waals surface area contributed by atoms with E-state index >= 15 is 0 Å². The van der Waals surface area contributed by atoms with Crippen molar-refractivity contribution in [2.45, 2.75) is 19.3 Å². The molecule has 0 unspecified atom stereocenters. The van der Waals surface area contributed by atoms with E-state index in [4.69, 9.17) is 4.74 Å². The van der Waals surface area contributed by atoms with E-state index in [0.717, 1.165) is 30.5 Å². The highest BCUT2D eigenvalue weighted by Crippen LogP contribution is 2.30. The fraction of sp³-hybridized carbons (Fsp3) is 0.200. The number of ether oxygens (including phenoxy) is 1. The summed E-state index contributed by atoms with van der Waals surface area (Å²) in [7, 11) is 0. The molecule has 0 saturated carbocycles. The van der Waals surface area contributed by atoms with Gasteiger partial charge in [-0.25, -0.2) is 4.98 Å². The summed E-state index contributed by atoms with van der Waals surface area (Å²) in [6.07, 6.45) is 2.81. The first kappa shape index (κ1) is 13.1. The van der Waals surface area contributed by atoms with Crippen molar-refractivity contribution in [2.75, 3.05) is 0 Å². The van der Waals surface area contributed by atoms with E-state index in [1.54, 1.807) is 12.1 Å². The van der Waals surface area contributed by atoms with Crippen LogP contribution in [0.15, 0.2) is 30.3 Å². The molecule has 3 rings (SSSR count). The first-order valence-electron chi connectivity index (χ1n) is 6.52. The highest BCUT2D eigenvalue weighted by Gasteiger charge is 2.18. The Morgan fingerprint density at radius 2 is 2.19 bits per heavy atom. The van der Waals surface area contributed by atoms with Gasteiger partial charge in [0, 0.05) is 11.8 Å². The van der Waals surface area contributed by atoms with Crippen molar-refractivity contribution in [2.24, 2.45) is 0 Å². The molecule has 2 aromatic rings. The Balaban J connectivity index is 1.96. The summed E-state index contributed by atoms with van der Waals surface area (Å²) in [6, 6.07) is 9.69. The Hall–Kier alpha value is -2.94. The highest BCUT2D eigenvalue weighted by molar-refractivity contribution is 5.47. The number of nitro benzene ring substituents is 1. The van der Waals surface area contributed by atoms with Crippen LogP contribution in [0.3, 0.4) is 0 Å². The minimum atomic E-state index is -0.492. The van der Waals surface area contributed by atoms with Crippen molar-refractivity contribution >= 4 is 5.69 Å². The predicted molar refractivity (Wildman–Crippen MR) is 74.1 cm³/mol. The molecule has 0 amide bonds. The Kier molecular flexibility index (Phi) is 3.24. The van der Waals surface area contributed by atoms with Gasteiger partial charge in [-0.1, -0.05) is 6.07 Å². The van der Waals surface area contributed by atoms with Crippen molar-refractivity contribution in [3.63, 3.8) is 0 Å². The Bertz CT molecular complexity index is 765. The molecule has 0 bridgehead atoms. The molecule has 0 saturated heterocycles. The number of nitrogens with zero attached hydrogens (tertiary/aromatic N) is 3. The van der Waals surface area contributed by atoms with Gasteiger partial charge in [0.05, 0.1) is 11.0 Å². The molecule has 1 aliphatic rings. The molecule has 1 aromatic carbocycles. The van der Waals surface area contributed by atoms with E-state index in [1.807, 2.05) is 0 Å². The largest absolute Gasteiger partial charge is 0.437 e. The standard InChI is InChI=1S/C15H11N3O3/c16-9-11-7-10-3-1-6-14(10)17-15(11)21-13-5-2-4-12(8-13)18(19)20/h2,4-5,7-8H,1,3,6H2. The summed E-state index contributed by atoms with van der Waals surface area (Å²) in [5, 5.41) is 20.0. The van der Waals surface area contributed by atoms with Crippen molar-refractivity contribution in [1.29, 1.82) is 5.26 Å². The van der Waals surface area contributed by atoms with Crippen LogP contribution >= 0.6 is 0 Å². The summed E-state index contributed by atoms with van der Waals surface area (Å²) in [4.78, 5) is 14.7. The van der Waals surface area contributed by atoms with Gasteiger partial charge < -0.3 is 4.74 Å². The summed E-state index contributed by atoms with van der Waals surface area (Å²) < 4.78 is 5.58. The lowest BCUT2D eigenvalue weighted by molar-refractivity contribution is -0.384. The average molecular weight is 281 g/mol. The number of nitriles is 1. The Labute approximate surface area is 120 Å². The molecule has 6 heteroatoms. The van der Waals surface area contributed by atoms with Gasteiger partial charge in [0.15, 0.2) is 0 Å². The molecule has 1 heterocycles. The molecule has 0 aliphatic heterocycles. The number of benzene rings is 1. The molecule has 1 aliphatic carbocycles. The van der Waals surface area contributed by atoms with Crippen molar-refractivity contribution in [3.05, 3.63) is 57.3 Å². The first-order valence-corrected chi connectivity index (χ1v) is 6.52. The van der Waals surface area contributed by atoms with Crippen LogP contribution in [0.2, 0.25) is 0 Å². The zero-order valence-corrected chi connectivity index (χ0v) is 11.1. The fourth-order valence-electron chi connectivity index (χ4n) is 2.38. The number of nitro groups is 1. The van der Waals surface area contributed by atoms with Crippen LogP contribution < -0.4 is 4.74 Å². The van der Waals surface area contributed by atoms with E-state index in [-0.39, 0.29) is 11.6 Å². The minimum absolute atomic E-state index is 0.0628. The van der Waals surface area contributed by atoms with Gasteiger partial charge >= 0.3 is 0 Å². The monoisotopic (exact) mass is 281 g/mol. The zero-order chi connectivity index (χ0) is 14.8. The number of non-ortho nitro benzene ring substituents is 1. The predicted octanol–water partition coefficient (Wildman–Crippen LogP) is 3.14. The maximum absolute atomic E-state index is 10.8. The van der Waals surface area contributed by atoms with Gasteiger partial charge in [0.2, 0.25) is 5.88 Å². The van der Waals surface area contributed by atoms with E-state index in [1.165, 1.54) is 18.2 Å². The van der Waals surface area contributed by atoms with Crippen LogP contribution in [0.4, 0.5) is 5.69 Å². The quantitative estimate of drug-likeness (QED) is 0.636. The second-order valence-corrected chi connectivity index (χ2v) is 4.77. The third-order valence-corrected chi connectivity index (χ3v) is 3.38. The van der Waals surface area contributed by atoms with Gasteiger partial charge in [-0.3, -0.25) is 10.1 Å². The van der Waals surface area contributed by atoms with Crippen LogP contribution in [0.25, 0.3) is 0 Å². The molecule has 21 heavy (non-hydrogen) atoms. The smallest absolute Gasteiger partial charge is 0.273 e. The fourth-order valence-corrected chi connectivity index (χ4v) is 2.38. The third kappa shape index (κ3) is 2.54.